The zero-order chi connectivity index (χ0) is 28.5. The second-order valence-corrected chi connectivity index (χ2v) is 12.0. The lowest BCUT2D eigenvalue weighted by atomic mass is 10.1. The fourth-order valence-corrected chi connectivity index (χ4v) is 6.83. The van der Waals surface area contributed by atoms with Crippen molar-refractivity contribution in [2.75, 3.05) is 12.3 Å². The number of carboxylic acid groups (broad SMARTS) is 1. The second kappa shape index (κ2) is 11.0. The SMILES string of the molecule is Nc1nccc2ccc(CN3CC[C@H](NS(=O)(=O)c4cc5ccc(Cl)cc5s4)C3=O)cc12.O=C(O)C(F)(F)F. The fourth-order valence-electron chi connectivity index (χ4n) is 3.92. The van der Waals surface area contributed by atoms with Gasteiger partial charge in [-0.2, -0.15) is 17.9 Å². The van der Waals surface area contributed by atoms with E-state index in [1.807, 2.05) is 24.3 Å². The number of nitrogens with one attached hydrogen (secondary N) is 1. The summed E-state index contributed by atoms with van der Waals surface area (Å²) in [4.78, 5) is 27.6. The van der Waals surface area contributed by atoms with Crippen LogP contribution in [0.25, 0.3) is 20.9 Å². The van der Waals surface area contributed by atoms with Gasteiger partial charge in [-0.15, -0.1) is 11.3 Å². The Morgan fingerprint density at radius 3 is 2.56 bits per heavy atom. The number of nitrogens with zero attached hydrogens (tertiary/aromatic N) is 2. The molecule has 0 bridgehead atoms. The van der Waals surface area contributed by atoms with Gasteiger partial charge in [0.2, 0.25) is 5.91 Å². The summed E-state index contributed by atoms with van der Waals surface area (Å²) in [5.41, 5.74) is 6.88. The number of carboxylic acids is 1. The quantitative estimate of drug-likeness (QED) is 0.308. The van der Waals surface area contributed by atoms with Gasteiger partial charge >= 0.3 is 12.1 Å². The standard InChI is InChI=1S/C22H19ClN4O3S2.C2HF3O2/c23-16-4-3-15-10-20(31-19(15)11-16)32(29,30)26-18-6-8-27(22(18)28)12-13-1-2-14-5-7-25-21(24)17(14)9-13;3-2(4,5)1(6)7/h1-5,7,9-11,18,26H,6,8,12H2,(H2,24,25);(H,6,7)/t18-;/m0./s1. The summed E-state index contributed by atoms with van der Waals surface area (Å²) < 4.78 is 61.1. The van der Waals surface area contributed by atoms with Gasteiger partial charge in [-0.1, -0.05) is 29.8 Å². The van der Waals surface area contributed by atoms with Crippen LogP contribution in [0, 0.1) is 0 Å². The van der Waals surface area contributed by atoms with Crippen molar-refractivity contribution in [2.45, 2.75) is 29.4 Å². The Hall–Kier alpha value is -3.46. The van der Waals surface area contributed by atoms with Crippen molar-refractivity contribution in [3.8, 4) is 0 Å². The van der Waals surface area contributed by atoms with Crippen LogP contribution < -0.4 is 10.5 Å². The largest absolute Gasteiger partial charge is 0.490 e. The number of hydrogen-bond acceptors (Lipinski definition) is 7. The first-order valence-corrected chi connectivity index (χ1v) is 13.9. The predicted molar refractivity (Wildman–Crippen MR) is 141 cm³/mol. The molecule has 1 amide bonds. The van der Waals surface area contributed by atoms with Crippen molar-refractivity contribution in [3.05, 3.63) is 65.3 Å². The lowest BCUT2D eigenvalue weighted by Crippen LogP contribution is -2.41. The molecule has 0 unspecified atom stereocenters. The number of thiophene rings is 1. The number of nitrogen functional groups attached to an aromatic ring is 1. The number of anilines is 1. The van der Waals surface area contributed by atoms with E-state index in [-0.39, 0.29) is 10.1 Å². The Bertz CT molecular complexity index is 1680. The van der Waals surface area contributed by atoms with Crippen LogP contribution in [0.3, 0.4) is 0 Å². The highest BCUT2D eigenvalue weighted by atomic mass is 35.5. The second-order valence-electron chi connectivity index (χ2n) is 8.52. The molecule has 0 radical (unpaired) electrons. The van der Waals surface area contributed by atoms with Crippen LogP contribution in [0.15, 0.2) is 58.9 Å². The zero-order valence-corrected chi connectivity index (χ0v) is 22.2. The number of pyridine rings is 1. The van der Waals surface area contributed by atoms with E-state index in [9.17, 15) is 26.4 Å². The third-order valence-corrected chi connectivity index (χ3v) is 9.07. The van der Waals surface area contributed by atoms with Crippen LogP contribution in [-0.2, 0) is 26.2 Å². The highest BCUT2D eigenvalue weighted by Crippen LogP contribution is 2.31. The zero-order valence-electron chi connectivity index (χ0n) is 19.8. The molecule has 1 aliphatic rings. The minimum absolute atomic E-state index is 0.165. The smallest absolute Gasteiger partial charge is 0.475 e. The van der Waals surface area contributed by atoms with Gasteiger partial charge in [0, 0.05) is 34.4 Å². The molecule has 1 saturated heterocycles. The molecule has 2 aromatic heterocycles. The summed E-state index contributed by atoms with van der Waals surface area (Å²) in [6, 6.07) is 13.7. The van der Waals surface area contributed by atoms with Crippen LogP contribution in [0.1, 0.15) is 12.0 Å². The number of carbonyl (C=O) groups is 2. The Morgan fingerprint density at radius 2 is 1.87 bits per heavy atom. The average Bonchev–Trinajstić information content (AvgIpc) is 3.43. The van der Waals surface area contributed by atoms with Crippen LogP contribution in [-0.4, -0.2) is 54.0 Å². The molecule has 39 heavy (non-hydrogen) atoms. The molecule has 0 saturated carbocycles. The number of amides is 1. The Labute approximate surface area is 229 Å². The molecule has 9 nitrogen and oxygen atoms in total. The molecule has 206 valence electrons. The third kappa shape index (κ3) is 6.58. The molecule has 5 rings (SSSR count). The number of carbonyl (C=O) groups excluding carboxylic acids is 1. The van der Waals surface area contributed by atoms with Gasteiger partial charge in [0.1, 0.15) is 16.1 Å². The lowest BCUT2D eigenvalue weighted by Gasteiger charge is -2.17. The van der Waals surface area contributed by atoms with Gasteiger partial charge in [0.25, 0.3) is 10.0 Å². The number of likely N-dealkylation sites (tertiary alicyclic amines) is 1. The highest BCUT2D eigenvalue weighted by molar-refractivity contribution is 7.91. The average molecular weight is 601 g/mol. The lowest BCUT2D eigenvalue weighted by molar-refractivity contribution is -0.192. The van der Waals surface area contributed by atoms with E-state index in [0.29, 0.717) is 30.4 Å². The van der Waals surface area contributed by atoms with Crippen molar-refractivity contribution in [3.63, 3.8) is 0 Å². The topological polar surface area (TPSA) is 143 Å². The summed E-state index contributed by atoms with van der Waals surface area (Å²) in [6.45, 7) is 0.845. The number of halogens is 4. The monoisotopic (exact) mass is 600 g/mol. The number of benzene rings is 2. The van der Waals surface area contributed by atoms with Crippen LogP contribution >= 0.6 is 22.9 Å². The van der Waals surface area contributed by atoms with Gasteiger partial charge in [0.05, 0.1) is 0 Å². The minimum Gasteiger partial charge on any atom is -0.475 e. The number of rotatable bonds is 5. The molecule has 4 N–H and O–H groups in total. The number of alkyl halides is 3. The van der Waals surface area contributed by atoms with Gasteiger partial charge in [-0.05, 0) is 53.1 Å². The Kier molecular flexibility index (Phi) is 8.02. The van der Waals surface area contributed by atoms with Gasteiger partial charge in [0.15, 0.2) is 0 Å². The van der Waals surface area contributed by atoms with E-state index >= 15 is 0 Å². The van der Waals surface area contributed by atoms with E-state index in [1.54, 1.807) is 35.4 Å². The number of aromatic nitrogens is 1. The molecule has 1 aliphatic heterocycles. The van der Waals surface area contributed by atoms with Crippen molar-refractivity contribution in [2.24, 2.45) is 0 Å². The van der Waals surface area contributed by atoms with Crippen molar-refractivity contribution in [1.29, 1.82) is 0 Å². The molecule has 1 atom stereocenters. The molecule has 15 heteroatoms. The van der Waals surface area contributed by atoms with Crippen molar-refractivity contribution in [1.82, 2.24) is 14.6 Å². The molecule has 1 fully saturated rings. The number of nitrogens with two attached hydrogens (primary N) is 1. The van der Waals surface area contributed by atoms with Gasteiger partial charge < -0.3 is 15.7 Å². The van der Waals surface area contributed by atoms with Crippen molar-refractivity contribution < 1.29 is 36.3 Å². The molecule has 2 aromatic carbocycles. The molecular formula is C24H20ClF3N4O5S2. The Balaban J connectivity index is 0.000000448. The molecule has 0 aliphatic carbocycles. The highest BCUT2D eigenvalue weighted by Gasteiger charge is 2.38. The van der Waals surface area contributed by atoms with Crippen LogP contribution in [0.4, 0.5) is 19.0 Å². The maximum atomic E-state index is 12.9. The van der Waals surface area contributed by atoms with E-state index in [2.05, 4.69) is 9.71 Å². The number of fused-ring (bicyclic) bond motifs is 2. The number of hydrogen-bond donors (Lipinski definition) is 3. The first-order chi connectivity index (χ1) is 18.2. The van der Waals surface area contributed by atoms with E-state index < -0.39 is 28.2 Å². The Morgan fingerprint density at radius 1 is 1.18 bits per heavy atom. The van der Waals surface area contributed by atoms with E-state index in [1.165, 1.54) is 0 Å². The molecule has 3 heterocycles. The maximum absolute atomic E-state index is 12.9. The first-order valence-electron chi connectivity index (χ1n) is 11.2. The van der Waals surface area contributed by atoms with Crippen LogP contribution in [0.2, 0.25) is 5.02 Å². The normalized spacial score (nSPS) is 15.9. The third-order valence-electron chi connectivity index (χ3n) is 5.80. The fraction of sp³-hybridized carbons (Fsp3) is 0.208. The summed E-state index contributed by atoms with van der Waals surface area (Å²) in [7, 11) is -3.83. The minimum atomic E-state index is -5.08. The predicted octanol–water partition coefficient (Wildman–Crippen LogP) is 4.40. The summed E-state index contributed by atoms with van der Waals surface area (Å²) in [5, 5.41) is 10.3. The summed E-state index contributed by atoms with van der Waals surface area (Å²) in [6.07, 6.45) is -3.02. The van der Waals surface area contributed by atoms with Crippen molar-refractivity contribution >= 4 is 71.5 Å². The van der Waals surface area contributed by atoms with Gasteiger partial charge in [-0.3, -0.25) is 4.79 Å². The number of aliphatic carboxylic acids is 1. The summed E-state index contributed by atoms with van der Waals surface area (Å²) >= 11 is 7.13. The van der Waals surface area contributed by atoms with E-state index in [4.69, 9.17) is 27.2 Å². The molecule has 4 aromatic rings. The van der Waals surface area contributed by atoms with E-state index in [0.717, 1.165) is 37.8 Å². The first kappa shape index (κ1) is 28.5. The van der Waals surface area contributed by atoms with Crippen LogP contribution in [0.5, 0.6) is 0 Å². The molecular weight excluding hydrogens is 581 g/mol. The van der Waals surface area contributed by atoms with Gasteiger partial charge in [-0.25, -0.2) is 18.2 Å². The molecule has 0 spiro atoms. The maximum Gasteiger partial charge on any atom is 0.490 e. The summed E-state index contributed by atoms with van der Waals surface area (Å²) in [5.74, 6) is -2.56. The number of sulfonamides is 1.